The largest absolute Gasteiger partial charge is 0.448 e. The maximum absolute atomic E-state index is 13.2. The van der Waals surface area contributed by atoms with Crippen LogP contribution in [0.4, 0.5) is 14.5 Å². The molecule has 2 aromatic carbocycles. The number of thiazole rings is 1. The van der Waals surface area contributed by atoms with E-state index in [0.717, 1.165) is 17.4 Å². The number of hydrogen-bond acceptors (Lipinski definition) is 5. The van der Waals surface area contributed by atoms with Crippen molar-refractivity contribution < 1.29 is 23.1 Å². The predicted molar refractivity (Wildman–Crippen MR) is 102 cm³/mol. The van der Waals surface area contributed by atoms with Crippen molar-refractivity contribution in [3.8, 4) is 10.6 Å². The molecule has 0 saturated heterocycles. The molecule has 0 aliphatic rings. The molecule has 0 saturated carbocycles. The fourth-order valence-corrected chi connectivity index (χ4v) is 3.33. The molecule has 144 valence electrons. The number of rotatable bonds is 5. The normalized spacial score (nSPS) is 11.7. The quantitative estimate of drug-likeness (QED) is 0.635. The summed E-state index contributed by atoms with van der Waals surface area (Å²) >= 11 is 1.10. The molecular formula is C20H16F2N2O3S. The van der Waals surface area contributed by atoms with Gasteiger partial charge in [0.15, 0.2) is 6.10 Å². The maximum atomic E-state index is 13.2. The number of benzene rings is 2. The standard InChI is InChI=1S/C20H16F2N2O3S/c1-11-17(28-19(23-11)13-6-8-14(21)9-7-13)20(26)27-12(2)18(25)24-16-5-3-4-15(22)10-16/h3-10,12H,1-2H3,(H,24,25)/t12-/m1/s1. The summed E-state index contributed by atoms with van der Waals surface area (Å²) in [5, 5.41) is 3.03. The number of carbonyl (C=O) groups is 2. The van der Waals surface area contributed by atoms with E-state index in [1.165, 1.54) is 37.3 Å². The average Bonchev–Trinajstić information content (AvgIpc) is 3.04. The van der Waals surface area contributed by atoms with Gasteiger partial charge in [0.2, 0.25) is 0 Å². The van der Waals surface area contributed by atoms with Crippen LogP contribution in [0.15, 0.2) is 48.5 Å². The van der Waals surface area contributed by atoms with E-state index in [4.69, 9.17) is 4.74 Å². The molecular weight excluding hydrogens is 386 g/mol. The molecule has 8 heteroatoms. The molecule has 5 nitrogen and oxygen atoms in total. The SMILES string of the molecule is Cc1nc(-c2ccc(F)cc2)sc1C(=O)O[C@H](C)C(=O)Nc1cccc(F)c1. The number of aromatic nitrogens is 1. The summed E-state index contributed by atoms with van der Waals surface area (Å²) < 4.78 is 31.5. The maximum Gasteiger partial charge on any atom is 0.351 e. The first-order valence-corrected chi connectivity index (χ1v) is 9.16. The lowest BCUT2D eigenvalue weighted by atomic mass is 10.2. The molecule has 0 unspecified atom stereocenters. The van der Waals surface area contributed by atoms with E-state index in [-0.39, 0.29) is 16.4 Å². The van der Waals surface area contributed by atoms with E-state index in [9.17, 15) is 18.4 Å². The monoisotopic (exact) mass is 402 g/mol. The lowest BCUT2D eigenvalue weighted by molar-refractivity contribution is -0.123. The highest BCUT2D eigenvalue weighted by Gasteiger charge is 2.23. The van der Waals surface area contributed by atoms with E-state index >= 15 is 0 Å². The first-order valence-electron chi connectivity index (χ1n) is 8.34. The molecule has 0 spiro atoms. The van der Waals surface area contributed by atoms with Crippen molar-refractivity contribution in [3.63, 3.8) is 0 Å². The van der Waals surface area contributed by atoms with Crippen LogP contribution in [0.5, 0.6) is 0 Å². The Morgan fingerprint density at radius 3 is 2.50 bits per heavy atom. The number of ether oxygens (including phenoxy) is 1. The van der Waals surface area contributed by atoms with Gasteiger partial charge in [-0.1, -0.05) is 6.07 Å². The zero-order valence-electron chi connectivity index (χ0n) is 15.0. The Hall–Kier alpha value is -3.13. The van der Waals surface area contributed by atoms with Crippen LogP contribution in [0.25, 0.3) is 10.6 Å². The van der Waals surface area contributed by atoms with Crippen molar-refractivity contribution in [1.29, 1.82) is 0 Å². The number of nitrogens with zero attached hydrogens (tertiary/aromatic N) is 1. The molecule has 1 heterocycles. The number of nitrogens with one attached hydrogen (secondary N) is 1. The van der Waals surface area contributed by atoms with Gasteiger partial charge in [0.25, 0.3) is 5.91 Å². The van der Waals surface area contributed by atoms with Gasteiger partial charge in [-0.15, -0.1) is 11.3 Å². The Balaban J connectivity index is 1.68. The Kier molecular flexibility index (Phi) is 5.79. The third-order valence-electron chi connectivity index (χ3n) is 3.82. The van der Waals surface area contributed by atoms with Crippen molar-refractivity contribution >= 4 is 28.9 Å². The van der Waals surface area contributed by atoms with Gasteiger partial charge in [-0.25, -0.2) is 18.6 Å². The first kappa shape index (κ1) is 19.6. The summed E-state index contributed by atoms with van der Waals surface area (Å²) in [7, 11) is 0. The highest BCUT2D eigenvalue weighted by Crippen LogP contribution is 2.28. The van der Waals surface area contributed by atoms with Crippen molar-refractivity contribution in [2.45, 2.75) is 20.0 Å². The third-order valence-corrected chi connectivity index (χ3v) is 5.00. The second-order valence-corrected chi connectivity index (χ2v) is 6.99. The molecule has 3 aromatic rings. The molecule has 3 rings (SSSR count). The van der Waals surface area contributed by atoms with Crippen molar-refractivity contribution in [2.24, 2.45) is 0 Å². The van der Waals surface area contributed by atoms with Crippen LogP contribution in [0.2, 0.25) is 0 Å². The lowest BCUT2D eigenvalue weighted by Gasteiger charge is -2.13. The summed E-state index contributed by atoms with van der Waals surface area (Å²) in [6.07, 6.45) is -1.09. The summed E-state index contributed by atoms with van der Waals surface area (Å²) in [6, 6.07) is 11.2. The van der Waals surface area contributed by atoms with Crippen molar-refractivity contribution in [1.82, 2.24) is 4.98 Å². The summed E-state index contributed by atoms with van der Waals surface area (Å²) in [4.78, 5) is 29.2. The van der Waals surface area contributed by atoms with Crippen LogP contribution in [0.3, 0.4) is 0 Å². The number of hydrogen-bond donors (Lipinski definition) is 1. The van der Waals surface area contributed by atoms with Gasteiger partial charge in [0.1, 0.15) is 21.5 Å². The molecule has 1 N–H and O–H groups in total. The number of anilines is 1. The molecule has 1 atom stereocenters. The van der Waals surface area contributed by atoms with Crippen LogP contribution in [-0.4, -0.2) is 23.0 Å². The van der Waals surface area contributed by atoms with E-state index in [0.29, 0.717) is 16.3 Å². The highest BCUT2D eigenvalue weighted by molar-refractivity contribution is 7.17. The molecule has 1 amide bonds. The third kappa shape index (κ3) is 4.58. The van der Waals surface area contributed by atoms with Crippen LogP contribution in [0, 0.1) is 18.6 Å². The van der Waals surface area contributed by atoms with Gasteiger partial charge in [0.05, 0.1) is 5.69 Å². The smallest absolute Gasteiger partial charge is 0.351 e. The van der Waals surface area contributed by atoms with Crippen molar-refractivity contribution in [2.75, 3.05) is 5.32 Å². The predicted octanol–water partition coefficient (Wildman–Crippen LogP) is 4.58. The van der Waals surface area contributed by atoms with E-state index in [1.807, 2.05) is 0 Å². The van der Waals surface area contributed by atoms with Crippen LogP contribution >= 0.6 is 11.3 Å². The highest BCUT2D eigenvalue weighted by atomic mass is 32.1. The van der Waals surface area contributed by atoms with E-state index in [2.05, 4.69) is 10.3 Å². The van der Waals surface area contributed by atoms with Crippen LogP contribution in [-0.2, 0) is 9.53 Å². The van der Waals surface area contributed by atoms with E-state index < -0.39 is 23.8 Å². The van der Waals surface area contributed by atoms with Gasteiger partial charge in [-0.05, 0) is 56.3 Å². The van der Waals surface area contributed by atoms with Crippen LogP contribution in [0.1, 0.15) is 22.3 Å². The molecule has 1 aromatic heterocycles. The van der Waals surface area contributed by atoms with Gasteiger partial charge in [-0.2, -0.15) is 0 Å². The zero-order chi connectivity index (χ0) is 20.3. The summed E-state index contributed by atoms with van der Waals surface area (Å²) in [5.74, 6) is -2.13. The fourth-order valence-electron chi connectivity index (χ4n) is 2.38. The van der Waals surface area contributed by atoms with Gasteiger partial charge < -0.3 is 10.1 Å². The van der Waals surface area contributed by atoms with Gasteiger partial charge >= 0.3 is 5.97 Å². The van der Waals surface area contributed by atoms with Gasteiger partial charge in [0, 0.05) is 11.3 Å². The Bertz CT molecular complexity index is 1020. The summed E-state index contributed by atoms with van der Waals surface area (Å²) in [6.45, 7) is 3.07. The minimum atomic E-state index is -1.09. The second kappa shape index (κ2) is 8.26. The summed E-state index contributed by atoms with van der Waals surface area (Å²) in [5.41, 5.74) is 1.39. The molecule has 0 bridgehead atoms. The minimum absolute atomic E-state index is 0.254. The fraction of sp³-hybridized carbons (Fsp3) is 0.150. The lowest BCUT2D eigenvalue weighted by Crippen LogP contribution is -2.30. The molecule has 0 fully saturated rings. The molecule has 0 aliphatic heterocycles. The van der Waals surface area contributed by atoms with Crippen LogP contribution < -0.4 is 5.32 Å². The number of aryl methyl sites for hydroxylation is 1. The number of carbonyl (C=O) groups excluding carboxylic acids is 2. The Labute approximate surface area is 164 Å². The van der Waals surface area contributed by atoms with Crippen molar-refractivity contribution in [3.05, 3.63) is 70.7 Å². The second-order valence-electron chi connectivity index (χ2n) is 5.99. The first-order chi connectivity index (χ1) is 13.3. The van der Waals surface area contributed by atoms with E-state index in [1.54, 1.807) is 19.1 Å². The topological polar surface area (TPSA) is 68.3 Å². The Morgan fingerprint density at radius 2 is 1.82 bits per heavy atom. The molecule has 0 aliphatic carbocycles. The minimum Gasteiger partial charge on any atom is -0.448 e. The molecule has 28 heavy (non-hydrogen) atoms. The van der Waals surface area contributed by atoms with Gasteiger partial charge in [-0.3, -0.25) is 4.79 Å². The number of halogens is 2. The number of esters is 1. The molecule has 0 radical (unpaired) electrons. The number of amides is 1. The zero-order valence-corrected chi connectivity index (χ0v) is 15.8. The average molecular weight is 402 g/mol. The Morgan fingerprint density at radius 1 is 1.11 bits per heavy atom.